The second kappa shape index (κ2) is 5.11. The normalized spacial score (nSPS) is 17.8. The lowest BCUT2D eigenvalue weighted by molar-refractivity contribution is 0.0939. The molecule has 0 saturated carbocycles. The lowest BCUT2D eigenvalue weighted by Gasteiger charge is -2.23. The first-order valence-corrected chi connectivity index (χ1v) is 6.92. The molecule has 0 radical (unpaired) electrons. The topological polar surface area (TPSA) is 64.7 Å². The summed E-state index contributed by atoms with van der Waals surface area (Å²) in [6.45, 7) is 3.60. The molecule has 0 bridgehead atoms. The van der Waals surface area contributed by atoms with Gasteiger partial charge in [0.25, 0.3) is 5.91 Å². The molecule has 1 amide bonds. The Labute approximate surface area is 117 Å². The average Bonchev–Trinajstić information content (AvgIpc) is 3.03. The lowest BCUT2D eigenvalue weighted by Crippen LogP contribution is -2.33. The first-order chi connectivity index (χ1) is 9.63. The molecule has 1 aliphatic rings. The highest BCUT2D eigenvalue weighted by Gasteiger charge is 2.20. The van der Waals surface area contributed by atoms with Gasteiger partial charge < -0.3 is 9.88 Å². The van der Waals surface area contributed by atoms with Gasteiger partial charge in [0.15, 0.2) is 0 Å². The van der Waals surface area contributed by atoms with Crippen LogP contribution in [0.3, 0.4) is 0 Å². The Hall–Kier alpha value is -2.11. The van der Waals surface area contributed by atoms with Gasteiger partial charge in [-0.2, -0.15) is 5.10 Å². The summed E-state index contributed by atoms with van der Waals surface area (Å²) < 4.78 is 3.90. The van der Waals surface area contributed by atoms with Crippen LogP contribution in [0.15, 0.2) is 18.5 Å². The fraction of sp³-hybridized carbons (Fsp3) is 0.500. The molecule has 6 nitrogen and oxygen atoms in total. The summed E-state index contributed by atoms with van der Waals surface area (Å²) in [5, 5.41) is 7.17. The molecule has 2 aromatic heterocycles. The molecule has 3 rings (SSSR count). The number of carbonyl (C=O) groups is 1. The van der Waals surface area contributed by atoms with Gasteiger partial charge in [-0.15, -0.1) is 0 Å². The van der Waals surface area contributed by atoms with Crippen LogP contribution in [0.5, 0.6) is 0 Å². The van der Waals surface area contributed by atoms with E-state index in [1.165, 1.54) is 0 Å². The van der Waals surface area contributed by atoms with E-state index in [0.29, 0.717) is 18.2 Å². The van der Waals surface area contributed by atoms with Crippen molar-refractivity contribution in [2.24, 2.45) is 13.0 Å². The molecule has 3 heterocycles. The first-order valence-electron chi connectivity index (χ1n) is 6.92. The molecule has 1 N–H and O–H groups in total. The Morgan fingerprint density at radius 2 is 2.40 bits per heavy atom. The summed E-state index contributed by atoms with van der Waals surface area (Å²) in [4.78, 5) is 16.4. The molecule has 2 aromatic rings. The fourth-order valence-electron chi connectivity index (χ4n) is 2.59. The van der Waals surface area contributed by atoms with Gasteiger partial charge in [-0.3, -0.25) is 9.48 Å². The van der Waals surface area contributed by atoms with E-state index in [2.05, 4.69) is 20.0 Å². The van der Waals surface area contributed by atoms with E-state index in [-0.39, 0.29) is 5.91 Å². The van der Waals surface area contributed by atoms with Crippen molar-refractivity contribution < 1.29 is 4.79 Å². The van der Waals surface area contributed by atoms with Crippen LogP contribution in [-0.4, -0.2) is 31.8 Å². The molecule has 1 aliphatic heterocycles. The van der Waals surface area contributed by atoms with Crippen molar-refractivity contribution in [1.82, 2.24) is 24.6 Å². The number of aromatic nitrogens is 4. The molecule has 0 saturated heterocycles. The van der Waals surface area contributed by atoms with Gasteiger partial charge in [-0.25, -0.2) is 4.98 Å². The maximum atomic E-state index is 12.0. The van der Waals surface area contributed by atoms with Crippen molar-refractivity contribution in [3.8, 4) is 0 Å². The van der Waals surface area contributed by atoms with Crippen molar-refractivity contribution >= 4 is 5.91 Å². The molecule has 106 valence electrons. The quantitative estimate of drug-likeness (QED) is 0.904. The van der Waals surface area contributed by atoms with E-state index >= 15 is 0 Å². The number of hydrogen-bond donors (Lipinski definition) is 1. The highest BCUT2D eigenvalue weighted by Crippen LogP contribution is 2.18. The molecule has 0 fully saturated rings. The van der Waals surface area contributed by atoms with Crippen molar-refractivity contribution in [2.75, 3.05) is 6.54 Å². The zero-order chi connectivity index (χ0) is 14.1. The third-order valence-electron chi connectivity index (χ3n) is 3.95. The first kappa shape index (κ1) is 12.9. The van der Waals surface area contributed by atoms with E-state index < -0.39 is 0 Å². The number of nitrogens with one attached hydrogen (secondary N) is 1. The van der Waals surface area contributed by atoms with Gasteiger partial charge in [-0.1, -0.05) is 0 Å². The van der Waals surface area contributed by atoms with Gasteiger partial charge in [0.2, 0.25) is 0 Å². The summed E-state index contributed by atoms with van der Waals surface area (Å²) in [6, 6.07) is 1.81. The number of amides is 1. The number of nitrogens with zero attached hydrogens (tertiary/aromatic N) is 4. The molecular weight excluding hydrogens is 254 g/mol. The van der Waals surface area contributed by atoms with Crippen molar-refractivity contribution in [3.05, 3.63) is 35.7 Å². The zero-order valence-corrected chi connectivity index (χ0v) is 11.8. The van der Waals surface area contributed by atoms with E-state index in [1.807, 2.05) is 32.4 Å². The predicted molar refractivity (Wildman–Crippen MR) is 74.3 cm³/mol. The highest BCUT2D eigenvalue weighted by atomic mass is 16.1. The Bertz CT molecular complexity index is 608. The van der Waals surface area contributed by atoms with Gasteiger partial charge in [0, 0.05) is 44.6 Å². The van der Waals surface area contributed by atoms with E-state index in [4.69, 9.17) is 0 Å². The van der Waals surface area contributed by atoms with E-state index in [9.17, 15) is 4.79 Å². The summed E-state index contributed by atoms with van der Waals surface area (Å²) in [5.41, 5.74) is 1.47. The summed E-state index contributed by atoms with van der Waals surface area (Å²) >= 11 is 0. The smallest absolute Gasteiger partial charge is 0.271 e. The Morgan fingerprint density at radius 1 is 1.55 bits per heavy atom. The molecule has 20 heavy (non-hydrogen) atoms. The largest absolute Gasteiger partial charge is 0.350 e. The summed E-state index contributed by atoms with van der Waals surface area (Å²) in [6.07, 6.45) is 5.85. The van der Waals surface area contributed by atoms with Crippen LogP contribution >= 0.6 is 0 Å². The average molecular weight is 273 g/mol. The van der Waals surface area contributed by atoms with Crippen LogP contribution in [0, 0.1) is 12.8 Å². The second-order valence-electron chi connectivity index (χ2n) is 5.40. The minimum absolute atomic E-state index is 0.0948. The molecule has 0 aromatic carbocycles. The van der Waals surface area contributed by atoms with Gasteiger partial charge in [0.1, 0.15) is 11.5 Å². The monoisotopic (exact) mass is 273 g/mol. The molecule has 0 unspecified atom stereocenters. The summed E-state index contributed by atoms with van der Waals surface area (Å²) in [7, 11) is 1.84. The maximum Gasteiger partial charge on any atom is 0.271 e. The molecule has 0 spiro atoms. The standard InChI is InChI=1S/C14H19N5O/c1-10-7-12(17-18(10)2)14(20)16-9-11-3-5-19-6-4-15-13(19)8-11/h4,6-7,11H,3,5,8-9H2,1-2H3,(H,16,20)/t11-/m1/s1. The number of hydrogen-bond acceptors (Lipinski definition) is 3. The van der Waals surface area contributed by atoms with Crippen LogP contribution in [0.2, 0.25) is 0 Å². The van der Waals surface area contributed by atoms with Crippen molar-refractivity contribution in [1.29, 1.82) is 0 Å². The number of rotatable bonds is 3. The van der Waals surface area contributed by atoms with Crippen LogP contribution in [-0.2, 0) is 20.0 Å². The Morgan fingerprint density at radius 3 is 3.15 bits per heavy atom. The molecule has 1 atom stereocenters. The van der Waals surface area contributed by atoms with Crippen molar-refractivity contribution in [3.63, 3.8) is 0 Å². The van der Waals surface area contributed by atoms with E-state index in [0.717, 1.165) is 30.9 Å². The number of aryl methyl sites for hydroxylation is 3. The second-order valence-corrected chi connectivity index (χ2v) is 5.40. The number of carbonyl (C=O) groups excluding carboxylic acids is 1. The minimum Gasteiger partial charge on any atom is -0.350 e. The highest BCUT2D eigenvalue weighted by molar-refractivity contribution is 5.92. The minimum atomic E-state index is -0.0948. The molecule has 6 heteroatoms. The molecular formula is C14H19N5O. The summed E-state index contributed by atoms with van der Waals surface area (Å²) in [5.74, 6) is 1.48. The van der Waals surface area contributed by atoms with E-state index in [1.54, 1.807) is 4.68 Å². The third-order valence-corrected chi connectivity index (χ3v) is 3.95. The third kappa shape index (κ3) is 2.45. The predicted octanol–water partition coefficient (Wildman–Crippen LogP) is 0.917. The van der Waals surface area contributed by atoms with Gasteiger partial charge in [-0.05, 0) is 25.3 Å². The SMILES string of the molecule is Cc1cc(C(=O)NC[C@@H]2CCn3ccnc3C2)nn1C. The zero-order valence-electron chi connectivity index (χ0n) is 11.8. The van der Waals surface area contributed by atoms with Crippen LogP contribution in [0.4, 0.5) is 0 Å². The van der Waals surface area contributed by atoms with Gasteiger partial charge >= 0.3 is 0 Å². The van der Waals surface area contributed by atoms with Gasteiger partial charge in [0.05, 0.1) is 0 Å². The number of imidazole rings is 1. The van der Waals surface area contributed by atoms with Crippen LogP contribution in [0.25, 0.3) is 0 Å². The maximum absolute atomic E-state index is 12.0. The lowest BCUT2D eigenvalue weighted by atomic mass is 9.98. The molecule has 0 aliphatic carbocycles. The number of fused-ring (bicyclic) bond motifs is 1. The Kier molecular flexibility index (Phi) is 3.30. The fourth-order valence-corrected chi connectivity index (χ4v) is 2.59. The Balaban J connectivity index is 1.56. The van der Waals surface area contributed by atoms with Crippen molar-refractivity contribution in [2.45, 2.75) is 26.3 Å². The van der Waals surface area contributed by atoms with Crippen LogP contribution < -0.4 is 5.32 Å². The van der Waals surface area contributed by atoms with Crippen LogP contribution in [0.1, 0.15) is 28.4 Å².